The van der Waals surface area contributed by atoms with Gasteiger partial charge < -0.3 is 5.32 Å². The SMILES string of the molecule is CNCCc1ccc(S(=O)(=O)NCC2(SC)CCC2)s1. The summed E-state index contributed by atoms with van der Waals surface area (Å²) in [6.45, 7) is 1.41. The summed E-state index contributed by atoms with van der Waals surface area (Å²) < 4.78 is 27.9. The van der Waals surface area contributed by atoms with Crippen LogP contribution in [0.5, 0.6) is 0 Å². The highest BCUT2D eigenvalue weighted by Gasteiger charge is 2.37. The van der Waals surface area contributed by atoms with Crippen LogP contribution in [0.1, 0.15) is 24.1 Å². The van der Waals surface area contributed by atoms with Gasteiger partial charge in [0.25, 0.3) is 0 Å². The Labute approximate surface area is 129 Å². The van der Waals surface area contributed by atoms with Crippen LogP contribution in [0.25, 0.3) is 0 Å². The van der Waals surface area contributed by atoms with Gasteiger partial charge >= 0.3 is 0 Å². The van der Waals surface area contributed by atoms with Crippen molar-refractivity contribution in [3.05, 3.63) is 17.0 Å². The van der Waals surface area contributed by atoms with Crippen LogP contribution in [0, 0.1) is 0 Å². The highest BCUT2D eigenvalue weighted by molar-refractivity contribution is 8.00. The van der Waals surface area contributed by atoms with Crippen molar-refractivity contribution in [1.29, 1.82) is 0 Å². The van der Waals surface area contributed by atoms with Gasteiger partial charge in [0.05, 0.1) is 0 Å². The molecular formula is C13H22N2O2S3. The number of hydrogen-bond acceptors (Lipinski definition) is 5. The first-order valence-electron chi connectivity index (χ1n) is 6.79. The van der Waals surface area contributed by atoms with Gasteiger partial charge in [-0.25, -0.2) is 13.1 Å². The number of hydrogen-bond donors (Lipinski definition) is 2. The molecule has 0 aliphatic heterocycles. The highest BCUT2D eigenvalue weighted by Crippen LogP contribution is 2.42. The van der Waals surface area contributed by atoms with Gasteiger partial charge in [-0.3, -0.25) is 0 Å². The first-order chi connectivity index (χ1) is 9.51. The molecule has 114 valence electrons. The molecule has 0 amide bonds. The van der Waals surface area contributed by atoms with Crippen molar-refractivity contribution in [2.45, 2.75) is 34.6 Å². The van der Waals surface area contributed by atoms with E-state index in [-0.39, 0.29) is 4.75 Å². The molecule has 1 heterocycles. The van der Waals surface area contributed by atoms with Gasteiger partial charge in [0.1, 0.15) is 4.21 Å². The summed E-state index contributed by atoms with van der Waals surface area (Å²) in [4.78, 5) is 1.10. The number of nitrogens with one attached hydrogen (secondary N) is 2. The molecule has 1 aliphatic rings. The predicted octanol–water partition coefficient (Wildman–Crippen LogP) is 2.07. The van der Waals surface area contributed by atoms with Crippen molar-refractivity contribution in [2.75, 3.05) is 26.4 Å². The molecule has 1 aromatic heterocycles. The van der Waals surface area contributed by atoms with Crippen molar-refractivity contribution in [1.82, 2.24) is 10.0 Å². The van der Waals surface area contributed by atoms with E-state index in [2.05, 4.69) is 16.3 Å². The molecule has 0 atom stereocenters. The topological polar surface area (TPSA) is 58.2 Å². The molecule has 4 nitrogen and oxygen atoms in total. The van der Waals surface area contributed by atoms with Gasteiger partial charge in [-0.2, -0.15) is 11.8 Å². The number of likely N-dealkylation sites (N-methyl/N-ethyl adjacent to an activating group) is 1. The molecule has 0 spiro atoms. The molecule has 7 heteroatoms. The van der Waals surface area contributed by atoms with Crippen molar-refractivity contribution < 1.29 is 8.42 Å². The van der Waals surface area contributed by atoms with Crippen LogP contribution in [0.2, 0.25) is 0 Å². The number of sulfonamides is 1. The summed E-state index contributed by atoms with van der Waals surface area (Å²) in [6.07, 6.45) is 6.35. The lowest BCUT2D eigenvalue weighted by Crippen LogP contribution is -2.45. The van der Waals surface area contributed by atoms with Crippen LogP contribution < -0.4 is 10.0 Å². The monoisotopic (exact) mass is 334 g/mol. The zero-order valence-electron chi connectivity index (χ0n) is 11.9. The first kappa shape index (κ1) is 16.3. The maximum Gasteiger partial charge on any atom is 0.250 e. The van der Waals surface area contributed by atoms with Crippen LogP contribution >= 0.6 is 23.1 Å². The van der Waals surface area contributed by atoms with E-state index < -0.39 is 10.0 Å². The molecule has 1 aliphatic carbocycles. The van der Waals surface area contributed by atoms with Crippen LogP contribution in [0.4, 0.5) is 0 Å². The van der Waals surface area contributed by atoms with Gasteiger partial charge in [0.15, 0.2) is 0 Å². The lowest BCUT2D eigenvalue weighted by atomic mass is 9.84. The van der Waals surface area contributed by atoms with Crippen LogP contribution in [-0.2, 0) is 16.4 Å². The van der Waals surface area contributed by atoms with E-state index >= 15 is 0 Å². The average Bonchev–Trinajstić information content (AvgIpc) is 2.85. The second-order valence-corrected chi connectivity index (χ2v) is 9.58. The predicted molar refractivity (Wildman–Crippen MR) is 87.2 cm³/mol. The van der Waals surface area contributed by atoms with Crippen molar-refractivity contribution in [3.8, 4) is 0 Å². The Bertz CT molecular complexity index is 530. The third-order valence-corrected chi connectivity index (χ3v) is 8.26. The highest BCUT2D eigenvalue weighted by atomic mass is 32.2. The Morgan fingerprint density at radius 1 is 1.40 bits per heavy atom. The minimum Gasteiger partial charge on any atom is -0.319 e. The Morgan fingerprint density at radius 2 is 2.15 bits per heavy atom. The second-order valence-electron chi connectivity index (χ2n) is 5.14. The largest absolute Gasteiger partial charge is 0.319 e. The Balaban J connectivity index is 1.97. The van der Waals surface area contributed by atoms with Gasteiger partial charge in [-0.15, -0.1) is 11.3 Å². The lowest BCUT2D eigenvalue weighted by molar-refractivity contribution is 0.362. The molecule has 0 saturated heterocycles. The molecule has 1 fully saturated rings. The van der Waals surface area contributed by atoms with E-state index in [0.717, 1.165) is 30.7 Å². The fraction of sp³-hybridized carbons (Fsp3) is 0.692. The van der Waals surface area contributed by atoms with Crippen LogP contribution in [-0.4, -0.2) is 39.6 Å². The molecule has 0 aromatic carbocycles. The zero-order valence-corrected chi connectivity index (χ0v) is 14.4. The molecule has 1 saturated carbocycles. The third kappa shape index (κ3) is 3.76. The summed E-state index contributed by atoms with van der Waals surface area (Å²) >= 11 is 3.15. The van der Waals surface area contributed by atoms with Gasteiger partial charge in [-0.1, -0.05) is 6.42 Å². The van der Waals surface area contributed by atoms with Gasteiger partial charge in [0, 0.05) is 16.2 Å². The van der Waals surface area contributed by atoms with E-state index in [1.807, 2.05) is 13.1 Å². The number of thioether (sulfide) groups is 1. The second kappa shape index (κ2) is 6.79. The minimum absolute atomic E-state index is 0.124. The molecule has 0 unspecified atom stereocenters. The van der Waals surface area contributed by atoms with E-state index in [1.165, 1.54) is 17.8 Å². The van der Waals surface area contributed by atoms with Crippen LogP contribution in [0.3, 0.4) is 0 Å². The Kier molecular flexibility index (Phi) is 5.53. The fourth-order valence-electron chi connectivity index (χ4n) is 2.21. The number of thiophene rings is 1. The summed E-state index contributed by atoms with van der Waals surface area (Å²) in [7, 11) is -1.45. The van der Waals surface area contributed by atoms with Crippen molar-refractivity contribution in [3.63, 3.8) is 0 Å². The van der Waals surface area contributed by atoms with Crippen molar-refractivity contribution in [2.24, 2.45) is 0 Å². The van der Waals surface area contributed by atoms with Gasteiger partial charge in [-0.05, 0) is 51.2 Å². The van der Waals surface area contributed by atoms with E-state index in [4.69, 9.17) is 0 Å². The van der Waals surface area contributed by atoms with E-state index in [1.54, 1.807) is 17.8 Å². The standard InChI is InChI=1S/C13H22N2O2S3/c1-14-9-6-11-4-5-12(19-11)20(16,17)15-10-13(18-2)7-3-8-13/h4-5,14-15H,3,6-10H2,1-2H3. The van der Waals surface area contributed by atoms with Gasteiger partial charge in [0.2, 0.25) is 10.0 Å². The third-order valence-electron chi connectivity index (χ3n) is 3.81. The maximum atomic E-state index is 12.3. The average molecular weight is 335 g/mol. The molecule has 2 N–H and O–H groups in total. The molecule has 0 radical (unpaired) electrons. The Morgan fingerprint density at radius 3 is 2.70 bits per heavy atom. The smallest absolute Gasteiger partial charge is 0.250 e. The summed E-state index contributed by atoms with van der Waals surface area (Å²) in [5.74, 6) is 0. The quantitative estimate of drug-likeness (QED) is 0.764. The minimum atomic E-state index is -3.35. The first-order valence-corrected chi connectivity index (χ1v) is 10.3. The summed E-state index contributed by atoms with van der Waals surface area (Å²) in [5.41, 5.74) is 0. The normalized spacial score (nSPS) is 17.9. The lowest BCUT2D eigenvalue weighted by Gasteiger charge is -2.40. The molecular weight excluding hydrogens is 312 g/mol. The molecule has 0 bridgehead atoms. The summed E-state index contributed by atoms with van der Waals surface area (Å²) in [5, 5.41) is 3.07. The summed E-state index contributed by atoms with van der Waals surface area (Å²) in [6, 6.07) is 3.62. The van der Waals surface area contributed by atoms with E-state index in [9.17, 15) is 8.42 Å². The number of rotatable bonds is 8. The van der Waals surface area contributed by atoms with Crippen molar-refractivity contribution >= 4 is 33.1 Å². The zero-order chi connectivity index (χ0) is 14.6. The molecule has 2 rings (SSSR count). The fourth-order valence-corrected chi connectivity index (χ4v) is 5.74. The molecule has 1 aromatic rings. The molecule has 20 heavy (non-hydrogen) atoms. The maximum absolute atomic E-state index is 12.3. The van der Waals surface area contributed by atoms with Crippen LogP contribution in [0.15, 0.2) is 16.3 Å². The Hall–Kier alpha value is -0.0800. The van der Waals surface area contributed by atoms with E-state index in [0.29, 0.717) is 10.8 Å².